The lowest BCUT2D eigenvalue weighted by Gasteiger charge is -2.08. The molecule has 3 nitrogen and oxygen atoms in total. The quantitative estimate of drug-likeness (QED) is 0.560. The average molecular weight is 172 g/mol. The topological polar surface area (TPSA) is 36.3 Å². The van der Waals surface area contributed by atoms with Crippen LogP contribution in [0, 0.1) is 11.3 Å². The van der Waals surface area contributed by atoms with Crippen molar-refractivity contribution in [2.75, 3.05) is 11.9 Å². The van der Waals surface area contributed by atoms with Gasteiger partial charge in [-0.15, -0.1) is 0 Å². The van der Waals surface area contributed by atoms with Crippen LogP contribution in [0.3, 0.4) is 0 Å². The molecule has 0 spiro atoms. The molecule has 1 aliphatic rings. The molecule has 2 rings (SSSR count). The second-order valence-corrected chi connectivity index (χ2v) is 2.74. The summed E-state index contributed by atoms with van der Waals surface area (Å²) in [6.07, 6.45) is 1.39. The highest BCUT2D eigenvalue weighted by Crippen LogP contribution is 2.36. The van der Waals surface area contributed by atoms with Crippen LogP contribution in [0.2, 0.25) is 0 Å². The number of fused-ring (bicyclic) bond motifs is 1. The van der Waals surface area contributed by atoms with Crippen molar-refractivity contribution in [1.29, 1.82) is 5.26 Å². The molecule has 0 aliphatic carbocycles. The molecule has 1 aliphatic heterocycles. The molecule has 3 heteroatoms. The minimum absolute atomic E-state index is 0.573. The van der Waals surface area contributed by atoms with Crippen LogP contribution in [0.5, 0.6) is 5.75 Å². The Labute approximate surface area is 76.5 Å². The summed E-state index contributed by atoms with van der Waals surface area (Å²) in [7, 11) is 1.87. The summed E-state index contributed by atoms with van der Waals surface area (Å²) in [5.74, 6) is 1.37. The van der Waals surface area contributed by atoms with Gasteiger partial charge in [-0.3, -0.25) is 0 Å². The highest BCUT2D eigenvalue weighted by molar-refractivity contribution is 5.65. The first kappa shape index (κ1) is 7.69. The number of rotatable bonds is 0. The van der Waals surface area contributed by atoms with E-state index >= 15 is 0 Å². The number of hydrogen-bond acceptors (Lipinski definition) is 3. The van der Waals surface area contributed by atoms with Crippen molar-refractivity contribution < 1.29 is 4.74 Å². The van der Waals surface area contributed by atoms with Gasteiger partial charge in [0.1, 0.15) is 0 Å². The fourth-order valence-corrected chi connectivity index (χ4v) is 1.30. The van der Waals surface area contributed by atoms with Crippen molar-refractivity contribution in [2.24, 2.45) is 0 Å². The zero-order chi connectivity index (χ0) is 9.26. The van der Waals surface area contributed by atoms with Gasteiger partial charge >= 0.3 is 0 Å². The van der Waals surface area contributed by atoms with Gasteiger partial charge in [-0.1, -0.05) is 12.1 Å². The largest absolute Gasteiger partial charge is 0.438 e. The maximum Gasteiger partial charge on any atom is 0.210 e. The fourth-order valence-electron chi connectivity index (χ4n) is 1.30. The number of nitrogens with zero attached hydrogens (tertiary/aromatic N) is 2. The predicted molar refractivity (Wildman–Crippen MR) is 49.2 cm³/mol. The van der Waals surface area contributed by atoms with E-state index in [0.717, 1.165) is 11.4 Å². The van der Waals surface area contributed by atoms with Crippen LogP contribution < -0.4 is 9.64 Å². The maximum atomic E-state index is 8.49. The summed E-state index contributed by atoms with van der Waals surface area (Å²) in [6.45, 7) is 0. The zero-order valence-electron chi connectivity index (χ0n) is 7.19. The molecule has 1 aromatic rings. The second-order valence-electron chi connectivity index (χ2n) is 2.74. The second kappa shape index (κ2) is 2.83. The summed E-state index contributed by atoms with van der Waals surface area (Å²) < 4.78 is 5.42. The Bertz CT molecular complexity index is 404. The molecule has 13 heavy (non-hydrogen) atoms. The molecule has 0 unspecified atom stereocenters. The first-order chi connectivity index (χ1) is 6.33. The molecule has 0 bridgehead atoms. The van der Waals surface area contributed by atoms with Crippen LogP contribution in [0.4, 0.5) is 5.69 Å². The minimum atomic E-state index is 0.573. The molecule has 1 aromatic carbocycles. The first-order valence-electron chi connectivity index (χ1n) is 3.93. The van der Waals surface area contributed by atoms with E-state index in [0.29, 0.717) is 5.88 Å². The van der Waals surface area contributed by atoms with Crippen molar-refractivity contribution in [1.82, 2.24) is 0 Å². The van der Waals surface area contributed by atoms with E-state index in [9.17, 15) is 0 Å². The van der Waals surface area contributed by atoms with Crippen molar-refractivity contribution in [3.63, 3.8) is 0 Å². The summed E-state index contributed by atoms with van der Waals surface area (Å²) in [5.41, 5.74) is 0.990. The van der Waals surface area contributed by atoms with Crippen LogP contribution in [0.25, 0.3) is 0 Å². The molecule has 0 fully saturated rings. The van der Waals surface area contributed by atoms with Crippen LogP contribution in [0.15, 0.2) is 36.2 Å². The van der Waals surface area contributed by atoms with E-state index in [4.69, 9.17) is 10.00 Å². The van der Waals surface area contributed by atoms with Crippen molar-refractivity contribution in [2.45, 2.75) is 0 Å². The molecule has 0 N–H and O–H groups in total. The molecule has 64 valence electrons. The van der Waals surface area contributed by atoms with Gasteiger partial charge in [-0.05, 0) is 12.1 Å². The van der Waals surface area contributed by atoms with Crippen molar-refractivity contribution >= 4 is 5.69 Å². The predicted octanol–water partition coefficient (Wildman–Crippen LogP) is 1.88. The van der Waals surface area contributed by atoms with Crippen molar-refractivity contribution in [3.05, 3.63) is 36.2 Å². The summed E-state index contributed by atoms with van der Waals surface area (Å²) in [6, 6.07) is 9.62. The van der Waals surface area contributed by atoms with E-state index in [-0.39, 0.29) is 0 Å². The molecule has 1 heterocycles. The van der Waals surface area contributed by atoms with Gasteiger partial charge in [0, 0.05) is 7.05 Å². The van der Waals surface area contributed by atoms with Gasteiger partial charge in [0.25, 0.3) is 0 Å². The minimum Gasteiger partial charge on any atom is -0.438 e. The number of anilines is 1. The van der Waals surface area contributed by atoms with Gasteiger partial charge in [-0.2, -0.15) is 5.26 Å². The maximum absolute atomic E-state index is 8.49. The Morgan fingerprint density at radius 2 is 2.23 bits per heavy atom. The third-order valence-electron chi connectivity index (χ3n) is 1.96. The van der Waals surface area contributed by atoms with Gasteiger partial charge < -0.3 is 9.64 Å². The Balaban J connectivity index is 2.45. The molecular formula is C10H8N2O. The highest BCUT2D eigenvalue weighted by atomic mass is 16.5. The first-order valence-corrected chi connectivity index (χ1v) is 3.93. The van der Waals surface area contributed by atoms with E-state index in [1.165, 1.54) is 6.08 Å². The van der Waals surface area contributed by atoms with Crippen LogP contribution in [-0.2, 0) is 0 Å². The van der Waals surface area contributed by atoms with Gasteiger partial charge in [0.15, 0.2) is 5.75 Å². The lowest BCUT2D eigenvalue weighted by atomic mass is 10.3. The van der Waals surface area contributed by atoms with Crippen LogP contribution >= 0.6 is 0 Å². The summed E-state index contributed by atoms with van der Waals surface area (Å²) in [4.78, 5) is 1.85. The summed E-state index contributed by atoms with van der Waals surface area (Å²) >= 11 is 0. The lowest BCUT2D eigenvalue weighted by Crippen LogP contribution is -2.12. The lowest BCUT2D eigenvalue weighted by molar-refractivity contribution is 0.444. The van der Waals surface area contributed by atoms with E-state index in [1.54, 1.807) is 0 Å². The van der Waals surface area contributed by atoms with Gasteiger partial charge in [-0.25, -0.2) is 0 Å². The molecule has 0 aromatic heterocycles. The van der Waals surface area contributed by atoms with E-state index in [2.05, 4.69) is 0 Å². The normalized spacial score (nSPS) is 16.6. The third-order valence-corrected chi connectivity index (χ3v) is 1.96. The number of nitriles is 1. The standard InChI is InChI=1S/C10H8N2O/c1-12-8-4-2-3-5-9(8)13-10(12)6-7-11/h2-6H,1H3. The molecule has 0 atom stereocenters. The van der Waals surface area contributed by atoms with Crippen LogP contribution in [-0.4, -0.2) is 7.05 Å². The van der Waals surface area contributed by atoms with E-state index < -0.39 is 0 Å². The SMILES string of the molecule is CN1C(=CC#N)Oc2ccccc21. The summed E-state index contributed by atoms with van der Waals surface area (Å²) in [5, 5.41) is 8.49. The third kappa shape index (κ3) is 1.13. The number of hydrogen-bond donors (Lipinski definition) is 0. The van der Waals surface area contributed by atoms with Gasteiger partial charge in [0.2, 0.25) is 5.88 Å². The number of para-hydroxylation sites is 2. The molecule has 0 radical (unpaired) electrons. The average Bonchev–Trinajstić information content (AvgIpc) is 2.46. The van der Waals surface area contributed by atoms with Crippen molar-refractivity contribution in [3.8, 4) is 11.8 Å². The molecule has 0 amide bonds. The highest BCUT2D eigenvalue weighted by Gasteiger charge is 2.21. The molecule has 0 saturated heterocycles. The monoisotopic (exact) mass is 172 g/mol. The molecule has 0 saturated carbocycles. The van der Waals surface area contributed by atoms with Crippen LogP contribution in [0.1, 0.15) is 0 Å². The number of benzene rings is 1. The molecular weight excluding hydrogens is 164 g/mol. The zero-order valence-corrected chi connectivity index (χ0v) is 7.19. The smallest absolute Gasteiger partial charge is 0.210 e. The number of allylic oxidation sites excluding steroid dienone is 1. The Morgan fingerprint density at radius 3 is 2.92 bits per heavy atom. The fraction of sp³-hybridized carbons (Fsp3) is 0.100. The van der Waals surface area contributed by atoms with Gasteiger partial charge in [0.05, 0.1) is 17.8 Å². The number of ether oxygens (including phenoxy) is 1. The Morgan fingerprint density at radius 1 is 1.46 bits per heavy atom. The Kier molecular flexibility index (Phi) is 1.67. The van der Waals surface area contributed by atoms with E-state index in [1.807, 2.05) is 42.3 Å². The Hall–Kier alpha value is -1.95.